The van der Waals surface area contributed by atoms with Crippen LogP contribution in [0.15, 0.2) is 17.1 Å². The zero-order valence-electron chi connectivity index (χ0n) is 12.5. The number of aromatic carboxylic acids is 1. The predicted molar refractivity (Wildman–Crippen MR) is 78.3 cm³/mol. The molecule has 1 heterocycles. The number of aromatic nitrogens is 1. The third-order valence-corrected chi connectivity index (χ3v) is 3.39. The van der Waals surface area contributed by atoms with E-state index < -0.39 is 40.4 Å². The molecule has 1 atom stereocenters. The lowest BCUT2D eigenvalue weighted by atomic mass is 10.1. The van der Waals surface area contributed by atoms with Crippen molar-refractivity contribution < 1.29 is 23.8 Å². The van der Waals surface area contributed by atoms with Crippen LogP contribution in [-0.4, -0.2) is 28.3 Å². The number of halogens is 2. The Morgan fingerprint density at radius 2 is 2.13 bits per heavy atom. The van der Waals surface area contributed by atoms with Gasteiger partial charge in [0.05, 0.1) is 28.5 Å². The smallest absolute Gasteiger partial charge is 0.198 e. The third kappa shape index (κ3) is 3.02. The molecule has 0 aliphatic heterocycles. The second kappa shape index (κ2) is 6.33. The summed E-state index contributed by atoms with van der Waals surface area (Å²) < 4.78 is 29.9. The van der Waals surface area contributed by atoms with Crippen molar-refractivity contribution in [1.29, 1.82) is 0 Å². The number of anilines is 1. The fraction of sp³-hybridized carbons (Fsp3) is 0.333. The van der Waals surface area contributed by atoms with Gasteiger partial charge in [-0.05, 0) is 19.9 Å². The molecule has 0 fully saturated rings. The molecule has 6 nitrogen and oxygen atoms in total. The van der Waals surface area contributed by atoms with Gasteiger partial charge in [0.1, 0.15) is 11.5 Å². The summed E-state index contributed by atoms with van der Waals surface area (Å²) in [6.45, 7) is 3.13. The molecule has 0 radical (unpaired) electrons. The molecule has 0 aliphatic carbocycles. The Morgan fingerprint density at radius 1 is 1.48 bits per heavy atom. The van der Waals surface area contributed by atoms with Crippen LogP contribution >= 0.6 is 0 Å². The first-order chi connectivity index (χ1) is 10.8. The van der Waals surface area contributed by atoms with Crippen LogP contribution in [0.4, 0.5) is 14.5 Å². The Kier molecular flexibility index (Phi) is 4.65. The van der Waals surface area contributed by atoms with E-state index in [2.05, 4.69) is 5.32 Å². The highest BCUT2D eigenvalue weighted by Crippen LogP contribution is 2.27. The average Bonchev–Trinajstić information content (AvgIpc) is 2.47. The number of carboxylic acid groups (broad SMARTS) is 1. The molecule has 0 bridgehead atoms. The average molecular weight is 325 g/mol. The number of hydrogen-bond donors (Lipinski definition) is 2. The molecule has 0 aliphatic rings. The zero-order chi connectivity index (χ0) is 17.3. The number of nitrogens with zero attached hydrogens (tertiary/aromatic N) is 1. The highest BCUT2D eigenvalue weighted by molar-refractivity contribution is 5.92. The Balaban J connectivity index is 2.81. The molecule has 0 amide bonds. The number of carbonyl (C=O) groups is 1. The van der Waals surface area contributed by atoms with E-state index in [4.69, 9.17) is 0 Å². The monoisotopic (exact) mass is 325 g/mol. The summed E-state index contributed by atoms with van der Waals surface area (Å²) >= 11 is 0. The third-order valence-electron chi connectivity index (χ3n) is 3.39. The minimum absolute atomic E-state index is 0.0904. The van der Waals surface area contributed by atoms with Crippen LogP contribution in [0.5, 0.6) is 0 Å². The summed E-state index contributed by atoms with van der Waals surface area (Å²) in [5, 5.41) is 22.3. The van der Waals surface area contributed by atoms with Gasteiger partial charge in [-0.25, -0.2) is 8.78 Å². The quantitative estimate of drug-likeness (QED) is 0.833. The molecule has 124 valence electrons. The summed E-state index contributed by atoms with van der Waals surface area (Å²) in [6, 6.07) is 0.781. The first-order valence-electron chi connectivity index (χ1n) is 6.96. The summed E-state index contributed by atoms with van der Waals surface area (Å²) in [6.07, 6.45) is 0.137. The zero-order valence-corrected chi connectivity index (χ0v) is 12.5. The molecule has 1 aromatic heterocycles. The van der Waals surface area contributed by atoms with Crippen molar-refractivity contribution in [2.24, 2.45) is 0 Å². The number of fused-ring (bicyclic) bond motifs is 1. The molecule has 0 saturated carbocycles. The Labute approximate surface area is 130 Å². The van der Waals surface area contributed by atoms with Crippen molar-refractivity contribution in [1.82, 2.24) is 4.57 Å². The summed E-state index contributed by atoms with van der Waals surface area (Å²) in [4.78, 5) is 23.1. The normalized spacial score (nSPS) is 12.4. The minimum Gasteiger partial charge on any atom is -0.545 e. The highest BCUT2D eigenvalue weighted by atomic mass is 19.1. The van der Waals surface area contributed by atoms with E-state index in [9.17, 15) is 28.6 Å². The lowest BCUT2D eigenvalue weighted by Crippen LogP contribution is -2.30. The lowest BCUT2D eigenvalue weighted by Gasteiger charge is -2.16. The van der Waals surface area contributed by atoms with Crippen molar-refractivity contribution in [3.05, 3.63) is 39.7 Å². The summed E-state index contributed by atoms with van der Waals surface area (Å²) in [5.74, 6) is -3.79. The Hall–Kier alpha value is -2.48. The van der Waals surface area contributed by atoms with Crippen molar-refractivity contribution in [3.8, 4) is 0 Å². The van der Waals surface area contributed by atoms with E-state index in [-0.39, 0.29) is 24.0 Å². The number of carboxylic acids is 1. The van der Waals surface area contributed by atoms with E-state index in [0.717, 1.165) is 12.3 Å². The number of rotatable bonds is 5. The number of aryl methyl sites for hydroxylation is 1. The lowest BCUT2D eigenvalue weighted by molar-refractivity contribution is -0.255. The first kappa shape index (κ1) is 16.9. The van der Waals surface area contributed by atoms with E-state index in [0.29, 0.717) is 0 Å². The van der Waals surface area contributed by atoms with Crippen LogP contribution in [0.3, 0.4) is 0 Å². The molecule has 8 heteroatoms. The molecule has 0 saturated heterocycles. The second-order valence-corrected chi connectivity index (χ2v) is 5.12. The van der Waals surface area contributed by atoms with E-state index in [1.807, 2.05) is 0 Å². The van der Waals surface area contributed by atoms with Crippen LogP contribution in [0.1, 0.15) is 24.2 Å². The molecular weight excluding hydrogens is 310 g/mol. The summed E-state index contributed by atoms with van der Waals surface area (Å²) in [7, 11) is 0. The summed E-state index contributed by atoms with van der Waals surface area (Å²) in [5.41, 5.74) is -2.37. The van der Waals surface area contributed by atoms with E-state index in [1.54, 1.807) is 6.92 Å². The van der Waals surface area contributed by atoms with Gasteiger partial charge in [-0.1, -0.05) is 0 Å². The van der Waals surface area contributed by atoms with Crippen LogP contribution in [0.2, 0.25) is 0 Å². The van der Waals surface area contributed by atoms with Gasteiger partial charge in [0.25, 0.3) is 0 Å². The maximum atomic E-state index is 14.6. The molecular formula is C15H15F2N2O4-. The number of hydrogen-bond acceptors (Lipinski definition) is 5. The van der Waals surface area contributed by atoms with Gasteiger partial charge >= 0.3 is 0 Å². The molecule has 0 spiro atoms. The highest BCUT2D eigenvalue weighted by Gasteiger charge is 2.20. The second-order valence-electron chi connectivity index (χ2n) is 5.12. The Morgan fingerprint density at radius 3 is 2.65 bits per heavy atom. The van der Waals surface area contributed by atoms with Crippen LogP contribution < -0.4 is 15.9 Å². The molecule has 2 N–H and O–H groups in total. The predicted octanol–water partition coefficient (Wildman–Crippen LogP) is 0.456. The van der Waals surface area contributed by atoms with Gasteiger partial charge in [-0.15, -0.1) is 0 Å². The number of nitrogens with one attached hydrogen (secondary N) is 1. The van der Waals surface area contributed by atoms with Gasteiger partial charge in [-0.3, -0.25) is 4.79 Å². The fourth-order valence-electron chi connectivity index (χ4n) is 2.29. The topological polar surface area (TPSA) is 94.4 Å². The number of pyridine rings is 1. The van der Waals surface area contributed by atoms with Gasteiger partial charge < -0.3 is 24.9 Å². The minimum atomic E-state index is -1.71. The van der Waals surface area contributed by atoms with E-state index in [1.165, 1.54) is 11.5 Å². The molecule has 2 rings (SSSR count). The van der Waals surface area contributed by atoms with Crippen molar-refractivity contribution in [3.63, 3.8) is 0 Å². The Bertz CT molecular complexity index is 831. The fourth-order valence-corrected chi connectivity index (χ4v) is 2.29. The van der Waals surface area contributed by atoms with Gasteiger partial charge in [0.15, 0.2) is 11.2 Å². The molecule has 2 aromatic rings. The molecule has 23 heavy (non-hydrogen) atoms. The standard InChI is InChI=1S/C15H16F2N2O4/c1-3-19-6-9(15(22)23)14(21)8-4-10(16)12(11(17)13(8)19)18-5-7(2)20/h4,6-7,18,20H,3,5H2,1-2H3,(H,22,23)/p-1/t7-/m1/s1. The molecule has 1 aromatic carbocycles. The number of carbonyl (C=O) groups excluding carboxylic acids is 1. The molecule has 0 unspecified atom stereocenters. The van der Waals surface area contributed by atoms with Gasteiger partial charge in [0.2, 0.25) is 0 Å². The van der Waals surface area contributed by atoms with Gasteiger partial charge in [0, 0.05) is 19.3 Å². The van der Waals surface area contributed by atoms with Gasteiger partial charge in [-0.2, -0.15) is 0 Å². The number of aliphatic hydroxyl groups excluding tert-OH is 1. The number of benzene rings is 1. The van der Waals surface area contributed by atoms with Crippen molar-refractivity contribution in [2.75, 3.05) is 11.9 Å². The van der Waals surface area contributed by atoms with E-state index >= 15 is 0 Å². The first-order valence-corrected chi connectivity index (χ1v) is 6.96. The SMILES string of the molecule is CCn1cc(C(=O)[O-])c(=O)c2cc(F)c(NC[C@@H](C)O)c(F)c21. The van der Waals surface area contributed by atoms with Crippen LogP contribution in [0, 0.1) is 11.6 Å². The largest absolute Gasteiger partial charge is 0.545 e. The number of aliphatic hydroxyl groups is 1. The van der Waals surface area contributed by atoms with Crippen LogP contribution in [0.25, 0.3) is 10.9 Å². The van der Waals surface area contributed by atoms with Crippen molar-refractivity contribution in [2.45, 2.75) is 26.5 Å². The van der Waals surface area contributed by atoms with Crippen LogP contribution in [-0.2, 0) is 6.54 Å². The maximum absolute atomic E-state index is 14.6. The van der Waals surface area contributed by atoms with Crippen molar-refractivity contribution >= 4 is 22.6 Å². The maximum Gasteiger partial charge on any atom is 0.198 e.